The highest BCUT2D eigenvalue weighted by molar-refractivity contribution is 9.10. The second-order valence-electron chi connectivity index (χ2n) is 8.64. The number of amides is 1. The summed E-state index contributed by atoms with van der Waals surface area (Å²) in [6.45, 7) is 6.36. The standard InChI is InChI=1S/C27H25BrFN3O2/c1-17(2)16-31(26(33)19-8-12-21(29)13-9-19)18(3)25-30-24-7-5-4-6-23(24)27(34)32(25)22-14-10-20(28)11-15-22/h4-15,17-18H,16H2,1-3H3. The summed E-state index contributed by atoms with van der Waals surface area (Å²) in [5, 5.41) is 0.502. The van der Waals surface area contributed by atoms with E-state index in [0.717, 1.165) is 4.47 Å². The van der Waals surface area contributed by atoms with Crippen LogP contribution >= 0.6 is 15.9 Å². The Morgan fingerprint density at radius 1 is 1.00 bits per heavy atom. The number of para-hydroxylation sites is 1. The van der Waals surface area contributed by atoms with E-state index in [4.69, 9.17) is 4.98 Å². The lowest BCUT2D eigenvalue weighted by atomic mass is 10.1. The van der Waals surface area contributed by atoms with Crippen molar-refractivity contribution in [1.82, 2.24) is 14.5 Å². The normalized spacial score (nSPS) is 12.2. The number of carbonyl (C=O) groups is 1. The molecule has 0 fully saturated rings. The third kappa shape index (κ3) is 4.80. The zero-order valence-electron chi connectivity index (χ0n) is 19.2. The second kappa shape index (κ2) is 9.89. The molecule has 7 heteroatoms. The van der Waals surface area contributed by atoms with Crippen LogP contribution in [0.15, 0.2) is 82.1 Å². The molecule has 1 heterocycles. The number of hydrogen-bond acceptors (Lipinski definition) is 3. The molecular weight excluding hydrogens is 497 g/mol. The molecule has 0 radical (unpaired) electrons. The summed E-state index contributed by atoms with van der Waals surface area (Å²) in [5.41, 5.74) is 1.41. The van der Waals surface area contributed by atoms with E-state index in [1.807, 2.05) is 57.2 Å². The van der Waals surface area contributed by atoms with Gasteiger partial charge in [-0.1, -0.05) is 41.9 Å². The third-order valence-corrected chi connectivity index (χ3v) is 6.17. The van der Waals surface area contributed by atoms with E-state index in [9.17, 15) is 14.0 Å². The Kier molecular flexibility index (Phi) is 6.93. The zero-order chi connectivity index (χ0) is 24.4. The number of aromatic nitrogens is 2. The number of fused-ring (bicyclic) bond motifs is 1. The molecule has 0 spiro atoms. The van der Waals surface area contributed by atoms with Crippen LogP contribution in [-0.4, -0.2) is 26.9 Å². The van der Waals surface area contributed by atoms with Gasteiger partial charge in [-0.2, -0.15) is 0 Å². The van der Waals surface area contributed by atoms with E-state index < -0.39 is 11.9 Å². The van der Waals surface area contributed by atoms with E-state index in [1.54, 1.807) is 21.6 Å². The first-order valence-corrected chi connectivity index (χ1v) is 11.9. The van der Waals surface area contributed by atoms with E-state index in [0.29, 0.717) is 34.5 Å². The van der Waals surface area contributed by atoms with Crippen molar-refractivity contribution in [2.24, 2.45) is 5.92 Å². The molecule has 174 valence electrons. The van der Waals surface area contributed by atoms with Crippen molar-refractivity contribution in [2.45, 2.75) is 26.8 Å². The molecule has 0 aliphatic rings. The Bertz CT molecular complexity index is 1380. The van der Waals surface area contributed by atoms with Crippen LogP contribution in [0.1, 0.15) is 43.0 Å². The van der Waals surface area contributed by atoms with Crippen LogP contribution in [-0.2, 0) is 0 Å². The molecule has 0 N–H and O–H groups in total. The second-order valence-corrected chi connectivity index (χ2v) is 9.55. The van der Waals surface area contributed by atoms with Crippen LogP contribution in [0.3, 0.4) is 0 Å². The van der Waals surface area contributed by atoms with Crippen LogP contribution in [0.5, 0.6) is 0 Å². The number of halogens is 2. The lowest BCUT2D eigenvalue weighted by Crippen LogP contribution is -2.39. The minimum absolute atomic E-state index is 0.167. The smallest absolute Gasteiger partial charge is 0.266 e. The summed E-state index contributed by atoms with van der Waals surface area (Å²) in [5.74, 6) is -0.0199. The van der Waals surface area contributed by atoms with E-state index in [1.165, 1.54) is 24.3 Å². The van der Waals surface area contributed by atoms with Gasteiger partial charge in [-0.3, -0.25) is 14.2 Å². The van der Waals surface area contributed by atoms with Crippen LogP contribution in [0.4, 0.5) is 4.39 Å². The molecule has 0 saturated carbocycles. The third-order valence-electron chi connectivity index (χ3n) is 5.64. The molecule has 1 unspecified atom stereocenters. The number of hydrogen-bond donors (Lipinski definition) is 0. The van der Waals surface area contributed by atoms with Crippen LogP contribution in [0.2, 0.25) is 0 Å². The monoisotopic (exact) mass is 521 g/mol. The summed E-state index contributed by atoms with van der Waals surface area (Å²) in [6, 6.07) is 19.6. The molecule has 1 amide bonds. The van der Waals surface area contributed by atoms with Crippen molar-refractivity contribution in [2.75, 3.05) is 6.54 Å². The van der Waals surface area contributed by atoms with Gasteiger partial charge in [0.25, 0.3) is 11.5 Å². The maximum atomic E-state index is 13.6. The van der Waals surface area contributed by atoms with E-state index in [2.05, 4.69) is 15.9 Å². The van der Waals surface area contributed by atoms with Crippen LogP contribution < -0.4 is 5.56 Å². The first kappa shape index (κ1) is 23.8. The Morgan fingerprint density at radius 3 is 2.29 bits per heavy atom. The molecule has 1 atom stereocenters. The minimum atomic E-state index is -0.527. The summed E-state index contributed by atoms with van der Waals surface area (Å²) < 4.78 is 15.9. The maximum absolute atomic E-state index is 13.6. The lowest BCUT2D eigenvalue weighted by molar-refractivity contribution is 0.0655. The number of nitrogens with zero attached hydrogens (tertiary/aromatic N) is 3. The highest BCUT2D eigenvalue weighted by atomic mass is 79.9. The molecule has 0 aliphatic heterocycles. The lowest BCUT2D eigenvalue weighted by Gasteiger charge is -2.32. The van der Waals surface area contributed by atoms with Gasteiger partial charge in [0.15, 0.2) is 0 Å². The molecule has 0 aliphatic carbocycles. The van der Waals surface area contributed by atoms with Gasteiger partial charge in [0.2, 0.25) is 0 Å². The SMILES string of the molecule is CC(C)CN(C(=O)c1ccc(F)cc1)C(C)c1nc2ccccc2c(=O)n1-c1ccc(Br)cc1. The van der Waals surface area contributed by atoms with Gasteiger partial charge in [-0.25, -0.2) is 9.37 Å². The Hall–Kier alpha value is -3.32. The van der Waals surface area contributed by atoms with E-state index >= 15 is 0 Å². The molecule has 0 saturated heterocycles. The molecular formula is C27H25BrFN3O2. The number of rotatable bonds is 6. The Labute approximate surface area is 206 Å². The fourth-order valence-corrected chi connectivity index (χ4v) is 4.24. The predicted octanol–water partition coefficient (Wildman–Crippen LogP) is 6.15. The highest BCUT2D eigenvalue weighted by Crippen LogP contribution is 2.26. The quantitative estimate of drug-likeness (QED) is 0.306. The molecule has 4 aromatic rings. The topological polar surface area (TPSA) is 55.2 Å². The van der Waals surface area contributed by atoms with Crippen LogP contribution in [0, 0.1) is 11.7 Å². The highest BCUT2D eigenvalue weighted by Gasteiger charge is 2.28. The maximum Gasteiger partial charge on any atom is 0.266 e. The first-order chi connectivity index (χ1) is 16.3. The van der Waals surface area contributed by atoms with Gasteiger partial charge in [0.1, 0.15) is 11.6 Å². The van der Waals surface area contributed by atoms with Crippen molar-refractivity contribution in [3.05, 3.63) is 105 Å². The zero-order valence-corrected chi connectivity index (χ0v) is 20.8. The average Bonchev–Trinajstić information content (AvgIpc) is 2.83. The largest absolute Gasteiger partial charge is 0.328 e. The molecule has 3 aromatic carbocycles. The van der Waals surface area contributed by atoms with Crippen molar-refractivity contribution < 1.29 is 9.18 Å². The van der Waals surface area contributed by atoms with Crippen molar-refractivity contribution >= 4 is 32.7 Å². The van der Waals surface area contributed by atoms with Crippen molar-refractivity contribution in [1.29, 1.82) is 0 Å². The summed E-state index contributed by atoms with van der Waals surface area (Å²) in [6.07, 6.45) is 0. The van der Waals surface area contributed by atoms with Gasteiger partial charge < -0.3 is 4.90 Å². The van der Waals surface area contributed by atoms with E-state index in [-0.39, 0.29) is 17.4 Å². The average molecular weight is 522 g/mol. The first-order valence-electron chi connectivity index (χ1n) is 11.1. The summed E-state index contributed by atoms with van der Waals surface area (Å²) in [4.78, 5) is 33.7. The Morgan fingerprint density at radius 2 is 1.65 bits per heavy atom. The number of carbonyl (C=O) groups excluding carboxylic acids is 1. The fraction of sp³-hybridized carbons (Fsp3) is 0.222. The van der Waals surface area contributed by atoms with Crippen LogP contribution in [0.25, 0.3) is 16.6 Å². The number of benzene rings is 3. The van der Waals surface area contributed by atoms with Gasteiger partial charge in [0.05, 0.1) is 22.6 Å². The minimum Gasteiger partial charge on any atom is -0.328 e. The Balaban J connectivity index is 1.90. The van der Waals surface area contributed by atoms with Gasteiger partial charge in [-0.15, -0.1) is 0 Å². The molecule has 1 aromatic heterocycles. The molecule has 5 nitrogen and oxygen atoms in total. The predicted molar refractivity (Wildman–Crippen MR) is 136 cm³/mol. The molecule has 4 rings (SSSR count). The van der Waals surface area contributed by atoms with Crippen molar-refractivity contribution in [3.8, 4) is 5.69 Å². The van der Waals surface area contributed by atoms with Crippen molar-refractivity contribution in [3.63, 3.8) is 0 Å². The van der Waals surface area contributed by atoms with Gasteiger partial charge in [-0.05, 0) is 73.5 Å². The molecule has 0 bridgehead atoms. The summed E-state index contributed by atoms with van der Waals surface area (Å²) in [7, 11) is 0. The van der Waals surface area contributed by atoms with Gasteiger partial charge in [0, 0.05) is 16.6 Å². The van der Waals surface area contributed by atoms with Gasteiger partial charge >= 0.3 is 0 Å². The summed E-state index contributed by atoms with van der Waals surface area (Å²) >= 11 is 3.44. The molecule has 34 heavy (non-hydrogen) atoms. The fourth-order valence-electron chi connectivity index (χ4n) is 3.98.